The average Bonchev–Trinajstić information content (AvgIpc) is 4.11. The van der Waals surface area contributed by atoms with Crippen LogP contribution in [0.2, 0.25) is 0 Å². The Hall–Kier alpha value is -4.35. The maximum absolute atomic E-state index is 14.2. The van der Waals surface area contributed by atoms with Gasteiger partial charge in [0.15, 0.2) is 0 Å². The number of ether oxygens (including phenoxy) is 3. The molecular weight excluding hydrogens is 803 g/mol. The van der Waals surface area contributed by atoms with Gasteiger partial charge in [-0.25, -0.2) is 32.0 Å². The number of alkyl carbamates (subject to hydrolysis) is 1. The summed E-state index contributed by atoms with van der Waals surface area (Å²) in [7, 11) is -2.60. The SMILES string of the molecule is CC(C)C.CCCCCc1nc2ccc(OC)cc2nc1O[C@H]1CN(C(=O)CNC(=O)OC2CC3CC(C3)C2)[C@H](C(=O)N[C@]2(C(=O)NS(=O)(=O)C3CC3)C[C@H]2C(F)F)[C@@H]1C.[HH].[HH].[HH]. The van der Waals surface area contributed by atoms with E-state index in [1.165, 1.54) is 12.0 Å². The molecule has 338 valence electrons. The first-order valence-corrected chi connectivity index (χ1v) is 22.9. The molecule has 3 N–H and O–H groups in total. The van der Waals surface area contributed by atoms with Crippen molar-refractivity contribution in [3.05, 3.63) is 23.9 Å². The lowest BCUT2D eigenvalue weighted by Crippen LogP contribution is -2.58. The summed E-state index contributed by atoms with van der Waals surface area (Å²) in [6, 6.07) is 3.90. The van der Waals surface area contributed by atoms with Crippen molar-refractivity contribution in [3.63, 3.8) is 0 Å². The largest absolute Gasteiger partial charge is 0.497 e. The van der Waals surface area contributed by atoms with Gasteiger partial charge in [0.25, 0.3) is 5.91 Å². The second-order valence-electron chi connectivity index (χ2n) is 17.9. The fourth-order valence-corrected chi connectivity index (χ4v) is 9.90. The quantitative estimate of drug-likeness (QED) is 0.167. The van der Waals surface area contributed by atoms with Crippen LogP contribution in [-0.2, 0) is 35.6 Å². The molecule has 1 aliphatic heterocycles. The van der Waals surface area contributed by atoms with Gasteiger partial charge in [0.05, 0.1) is 35.9 Å². The van der Waals surface area contributed by atoms with E-state index in [2.05, 4.69) is 38.3 Å². The number of aryl methyl sites for hydroxylation is 1. The number of amides is 4. The number of benzene rings is 1. The molecule has 1 aromatic carbocycles. The third kappa shape index (κ3) is 10.6. The summed E-state index contributed by atoms with van der Waals surface area (Å²) in [6.45, 7) is 9.52. The number of rotatable bonds is 16. The Labute approximate surface area is 355 Å². The third-order valence-electron chi connectivity index (χ3n) is 12.0. The molecule has 4 amide bonds. The number of hydrogen-bond donors (Lipinski definition) is 3. The molecule has 8 rings (SSSR count). The van der Waals surface area contributed by atoms with E-state index in [1.54, 1.807) is 25.1 Å². The zero-order valence-electron chi connectivity index (χ0n) is 35.4. The van der Waals surface area contributed by atoms with E-state index in [1.807, 2.05) is 4.72 Å². The molecule has 5 saturated carbocycles. The number of unbranched alkanes of at least 4 members (excludes halogenated alkanes) is 2. The molecule has 0 spiro atoms. The van der Waals surface area contributed by atoms with Gasteiger partial charge in [0.1, 0.15) is 41.8 Å². The van der Waals surface area contributed by atoms with Crippen LogP contribution in [0.3, 0.4) is 0 Å². The first-order chi connectivity index (χ1) is 28.4. The fourth-order valence-electron chi connectivity index (χ4n) is 8.53. The highest BCUT2D eigenvalue weighted by molar-refractivity contribution is 7.91. The van der Waals surface area contributed by atoms with Crippen molar-refractivity contribution in [1.29, 1.82) is 0 Å². The summed E-state index contributed by atoms with van der Waals surface area (Å²) in [6.07, 6.45) is 2.28. The maximum Gasteiger partial charge on any atom is 0.407 e. The summed E-state index contributed by atoms with van der Waals surface area (Å²) in [5, 5.41) is 4.12. The predicted molar refractivity (Wildman–Crippen MR) is 224 cm³/mol. The molecule has 2 aromatic rings. The number of carbonyl (C=O) groups excluding carboxylic acids is 4. The zero-order chi connectivity index (χ0) is 43.5. The van der Waals surface area contributed by atoms with Crippen molar-refractivity contribution >= 4 is 44.9 Å². The van der Waals surface area contributed by atoms with E-state index in [9.17, 15) is 36.4 Å². The van der Waals surface area contributed by atoms with Crippen LogP contribution in [0.4, 0.5) is 13.6 Å². The van der Waals surface area contributed by atoms with Crippen LogP contribution >= 0.6 is 0 Å². The van der Waals surface area contributed by atoms with Crippen LogP contribution in [0, 0.1) is 29.6 Å². The van der Waals surface area contributed by atoms with Gasteiger partial charge in [-0.3, -0.25) is 19.1 Å². The first-order valence-electron chi connectivity index (χ1n) is 21.4. The van der Waals surface area contributed by atoms with E-state index >= 15 is 0 Å². The van der Waals surface area contributed by atoms with Gasteiger partial charge in [0.2, 0.25) is 34.1 Å². The van der Waals surface area contributed by atoms with Gasteiger partial charge in [0, 0.05) is 16.3 Å². The number of carbonyl (C=O) groups is 4. The van der Waals surface area contributed by atoms with Gasteiger partial charge in [-0.1, -0.05) is 47.5 Å². The molecule has 5 atom stereocenters. The highest BCUT2D eigenvalue weighted by Gasteiger charge is 2.67. The van der Waals surface area contributed by atoms with E-state index in [0.717, 1.165) is 50.9 Å². The number of nitrogens with one attached hydrogen (secondary N) is 3. The Morgan fingerprint density at radius 1 is 1.02 bits per heavy atom. The van der Waals surface area contributed by atoms with Gasteiger partial charge >= 0.3 is 6.09 Å². The summed E-state index contributed by atoms with van der Waals surface area (Å²) >= 11 is 0. The van der Waals surface area contributed by atoms with E-state index in [-0.39, 0.29) is 22.8 Å². The Morgan fingerprint density at radius 3 is 2.30 bits per heavy atom. The number of methoxy groups -OCH3 is 1. The lowest BCUT2D eigenvalue weighted by atomic mass is 9.64. The summed E-state index contributed by atoms with van der Waals surface area (Å²) in [5.74, 6) is -2.67. The van der Waals surface area contributed by atoms with E-state index in [0.29, 0.717) is 53.6 Å². The second-order valence-corrected chi connectivity index (χ2v) is 19.8. The minimum atomic E-state index is -4.12. The maximum atomic E-state index is 14.2. The van der Waals surface area contributed by atoms with E-state index in [4.69, 9.17) is 24.2 Å². The topological polar surface area (TPSA) is 195 Å². The van der Waals surface area contributed by atoms with Crippen LogP contribution in [-0.4, -0.2) is 103 Å². The van der Waals surface area contributed by atoms with Crippen molar-refractivity contribution in [2.75, 3.05) is 20.2 Å². The molecule has 2 heterocycles. The molecule has 60 heavy (non-hydrogen) atoms. The number of nitrogens with zero attached hydrogens (tertiary/aromatic N) is 3. The number of likely N-dealkylation sites (tertiary alicyclic amines) is 1. The summed E-state index contributed by atoms with van der Waals surface area (Å²) in [5.41, 5.74) is -0.528. The summed E-state index contributed by atoms with van der Waals surface area (Å²) < 4.78 is 72.9. The molecular formula is C42H66F2N6O9S. The van der Waals surface area contributed by atoms with Gasteiger partial charge < -0.3 is 29.7 Å². The number of hydrogen-bond acceptors (Lipinski definition) is 11. The molecule has 0 radical (unpaired) electrons. The number of sulfonamides is 1. The van der Waals surface area contributed by atoms with Crippen molar-refractivity contribution in [3.8, 4) is 11.6 Å². The monoisotopic (exact) mass is 868 g/mol. The summed E-state index contributed by atoms with van der Waals surface area (Å²) in [4.78, 5) is 65.1. The number of halogens is 2. The lowest BCUT2D eigenvalue weighted by molar-refractivity contribution is -0.140. The number of aromatic nitrogens is 2. The highest BCUT2D eigenvalue weighted by atomic mass is 32.2. The first kappa shape index (κ1) is 45.2. The van der Waals surface area contributed by atoms with Gasteiger partial charge in [-0.05, 0) is 87.7 Å². The minimum absolute atomic E-state index is 0. The Morgan fingerprint density at radius 2 is 1.70 bits per heavy atom. The molecule has 5 aliphatic carbocycles. The van der Waals surface area contributed by atoms with Crippen molar-refractivity contribution in [2.24, 2.45) is 29.6 Å². The smallest absolute Gasteiger partial charge is 0.407 e. The van der Waals surface area contributed by atoms with Gasteiger partial charge in [-0.2, -0.15) is 0 Å². The molecule has 2 bridgehead atoms. The zero-order valence-corrected chi connectivity index (χ0v) is 36.2. The van der Waals surface area contributed by atoms with Crippen LogP contribution in [0.15, 0.2) is 18.2 Å². The van der Waals surface area contributed by atoms with Gasteiger partial charge in [-0.15, -0.1) is 0 Å². The fraction of sp³-hybridized carbons (Fsp3) is 0.714. The third-order valence-corrected chi connectivity index (χ3v) is 13.8. The van der Waals surface area contributed by atoms with Crippen LogP contribution in [0.25, 0.3) is 11.0 Å². The van der Waals surface area contributed by atoms with Crippen molar-refractivity contribution < 1.29 is 54.9 Å². The molecule has 6 aliphatic rings. The standard InChI is InChI=1S/C38H50F2N6O9S.C4H10.3H2/c1-4-5-6-7-28-35(43-29-16-23(53-3)8-11-27(29)42-28)55-30-19-46(31(47)18-41-37(50)54-24-14-21-12-22(13-21)15-24)32(20(30)2)34(48)44-38(17-26(38)33(39)40)36(49)45-56(51,52)25-9-10-25;1-4(2)3;;;/h8,11,16,20-22,24-26,30,32-33H,4-7,9-10,12-15,17-19H2,1-3H3,(H,41,50)(H,44,48)(H,45,49);4H,1-3H3;3*1H/t20-,21?,22?,24?,26+,30+,32+,38-;;;;/m1..../s1. The predicted octanol–water partition coefficient (Wildman–Crippen LogP) is 6.03. The van der Waals surface area contributed by atoms with E-state index < -0.39 is 88.0 Å². The molecule has 6 fully saturated rings. The van der Waals surface area contributed by atoms with Crippen LogP contribution in [0.5, 0.6) is 11.6 Å². The Bertz CT molecular complexity index is 2020. The normalized spacial score (nSPS) is 28.0. The van der Waals surface area contributed by atoms with Crippen molar-refractivity contribution in [1.82, 2.24) is 30.2 Å². The Kier molecular flexibility index (Phi) is 14.1. The average molecular weight is 869 g/mol. The molecule has 15 nitrogen and oxygen atoms in total. The van der Waals surface area contributed by atoms with Crippen LogP contribution < -0.4 is 24.8 Å². The molecule has 1 aromatic heterocycles. The minimum Gasteiger partial charge on any atom is -0.497 e. The molecule has 0 unspecified atom stereocenters. The highest BCUT2D eigenvalue weighted by Crippen LogP contribution is 2.49. The number of alkyl halides is 2. The lowest BCUT2D eigenvalue weighted by Gasteiger charge is -2.44. The molecule has 18 heteroatoms. The number of fused-ring (bicyclic) bond motifs is 3. The van der Waals surface area contributed by atoms with Crippen molar-refractivity contribution in [2.45, 2.75) is 141 Å². The Balaban J connectivity index is 0.00000145. The van der Waals surface area contributed by atoms with Crippen LogP contribution in [0.1, 0.15) is 109 Å². The second kappa shape index (κ2) is 18.7. The molecule has 1 saturated heterocycles.